The van der Waals surface area contributed by atoms with Crippen LogP contribution >= 0.6 is 0 Å². The average molecular weight is 281 g/mol. The summed E-state index contributed by atoms with van der Waals surface area (Å²) in [5, 5.41) is 3.40. The topological polar surface area (TPSA) is 38.3 Å². The minimum absolute atomic E-state index is 0.0120. The van der Waals surface area contributed by atoms with Crippen LogP contribution in [-0.4, -0.2) is 25.2 Å². The summed E-state index contributed by atoms with van der Waals surface area (Å²) in [4.78, 5) is 12.6. The van der Waals surface area contributed by atoms with E-state index in [9.17, 15) is 4.79 Å². The van der Waals surface area contributed by atoms with Gasteiger partial charge in [-0.25, -0.2) is 0 Å². The summed E-state index contributed by atoms with van der Waals surface area (Å²) in [6.45, 7) is 10.7. The molecule has 3 nitrogen and oxygen atoms in total. The number of carbonyl (C=O) groups is 1. The van der Waals surface area contributed by atoms with Gasteiger partial charge in [-0.2, -0.15) is 0 Å². The van der Waals surface area contributed by atoms with Crippen LogP contribution in [0.2, 0.25) is 0 Å². The molecule has 0 radical (unpaired) electrons. The number of ether oxygens (including phenoxy) is 1. The third-order valence-corrected chi connectivity index (χ3v) is 5.67. The summed E-state index contributed by atoms with van der Waals surface area (Å²) in [6, 6.07) is 0. The first kappa shape index (κ1) is 15.8. The molecule has 1 aliphatic carbocycles. The Morgan fingerprint density at radius 1 is 1.15 bits per heavy atom. The summed E-state index contributed by atoms with van der Waals surface area (Å²) in [7, 11) is 0. The lowest BCUT2D eigenvalue weighted by atomic mass is 9.74. The molecule has 0 aromatic carbocycles. The number of piperidine rings is 1. The van der Waals surface area contributed by atoms with E-state index in [0.29, 0.717) is 11.8 Å². The van der Waals surface area contributed by atoms with E-state index in [0.717, 1.165) is 38.3 Å². The molecule has 1 N–H and O–H groups in total. The third-order valence-electron chi connectivity index (χ3n) is 5.67. The largest absolute Gasteiger partial charge is 0.462 e. The molecular weight excluding hydrogens is 250 g/mol. The van der Waals surface area contributed by atoms with Gasteiger partial charge in [-0.05, 0) is 76.8 Å². The van der Waals surface area contributed by atoms with Crippen molar-refractivity contribution in [3.05, 3.63) is 0 Å². The molecule has 1 saturated heterocycles. The lowest BCUT2D eigenvalue weighted by Crippen LogP contribution is -2.44. The molecule has 2 fully saturated rings. The molecule has 0 aromatic rings. The Balaban J connectivity index is 1.89. The zero-order valence-electron chi connectivity index (χ0n) is 13.6. The molecule has 0 aromatic heterocycles. The Bertz CT molecular complexity index is 334. The summed E-state index contributed by atoms with van der Waals surface area (Å²) in [5.41, 5.74) is -0.361. The van der Waals surface area contributed by atoms with E-state index in [-0.39, 0.29) is 17.5 Å². The Labute approximate surface area is 123 Å². The van der Waals surface area contributed by atoms with Crippen LogP contribution in [0.15, 0.2) is 0 Å². The molecule has 4 atom stereocenters. The van der Waals surface area contributed by atoms with Crippen LogP contribution in [0.25, 0.3) is 0 Å². The van der Waals surface area contributed by atoms with Crippen molar-refractivity contribution < 1.29 is 9.53 Å². The molecule has 3 heteroatoms. The highest BCUT2D eigenvalue weighted by atomic mass is 16.5. The predicted octanol–water partition coefficient (Wildman–Crippen LogP) is 3.38. The van der Waals surface area contributed by atoms with Crippen molar-refractivity contribution in [2.75, 3.05) is 13.1 Å². The van der Waals surface area contributed by atoms with Crippen molar-refractivity contribution in [1.82, 2.24) is 5.32 Å². The number of rotatable bonds is 3. The maximum Gasteiger partial charge on any atom is 0.312 e. The van der Waals surface area contributed by atoms with Crippen molar-refractivity contribution in [3.8, 4) is 0 Å². The summed E-state index contributed by atoms with van der Waals surface area (Å²) >= 11 is 0. The third kappa shape index (κ3) is 3.55. The normalized spacial score (nSPS) is 35.6. The van der Waals surface area contributed by atoms with Crippen LogP contribution in [0, 0.1) is 23.2 Å². The van der Waals surface area contributed by atoms with Gasteiger partial charge in [0.2, 0.25) is 0 Å². The molecule has 0 spiro atoms. The Hall–Kier alpha value is -0.570. The smallest absolute Gasteiger partial charge is 0.312 e. The standard InChI is InChI=1S/C17H31NO2/c1-12-7-8-15(10-13(12)2)20-16(19)17(3,4)14-6-5-9-18-11-14/h12-15,18H,5-11H2,1-4H3. The van der Waals surface area contributed by atoms with E-state index in [4.69, 9.17) is 4.74 Å². The summed E-state index contributed by atoms with van der Waals surface area (Å²) < 4.78 is 5.86. The van der Waals surface area contributed by atoms with Crippen LogP contribution in [0.4, 0.5) is 0 Å². The molecule has 4 unspecified atom stereocenters. The van der Waals surface area contributed by atoms with Gasteiger partial charge in [0.1, 0.15) is 6.10 Å². The first-order valence-electron chi connectivity index (χ1n) is 8.33. The number of esters is 1. The molecule has 0 amide bonds. The van der Waals surface area contributed by atoms with Gasteiger partial charge in [0.25, 0.3) is 0 Å². The quantitative estimate of drug-likeness (QED) is 0.806. The second-order valence-electron chi connectivity index (χ2n) is 7.56. The van der Waals surface area contributed by atoms with Gasteiger partial charge in [-0.15, -0.1) is 0 Å². The first-order valence-corrected chi connectivity index (χ1v) is 8.33. The van der Waals surface area contributed by atoms with E-state index >= 15 is 0 Å². The highest BCUT2D eigenvalue weighted by Gasteiger charge is 2.40. The van der Waals surface area contributed by atoms with Gasteiger partial charge >= 0.3 is 5.97 Å². The second-order valence-corrected chi connectivity index (χ2v) is 7.56. The van der Waals surface area contributed by atoms with Crippen molar-refractivity contribution in [2.24, 2.45) is 23.2 Å². The Morgan fingerprint density at radius 3 is 2.50 bits per heavy atom. The summed E-state index contributed by atoms with van der Waals surface area (Å²) in [6.07, 6.45) is 5.70. The molecule has 2 aliphatic rings. The van der Waals surface area contributed by atoms with Crippen molar-refractivity contribution in [1.29, 1.82) is 0 Å². The SMILES string of the molecule is CC1CCC(OC(=O)C(C)(C)C2CCCNC2)CC1C. The van der Waals surface area contributed by atoms with Crippen LogP contribution in [0.3, 0.4) is 0 Å². The molecular formula is C17H31NO2. The molecule has 1 saturated carbocycles. The van der Waals surface area contributed by atoms with Gasteiger partial charge < -0.3 is 10.1 Å². The van der Waals surface area contributed by atoms with Crippen molar-refractivity contribution >= 4 is 5.97 Å². The van der Waals surface area contributed by atoms with Gasteiger partial charge in [0.15, 0.2) is 0 Å². The highest BCUT2D eigenvalue weighted by Crippen LogP contribution is 2.36. The molecule has 20 heavy (non-hydrogen) atoms. The molecule has 116 valence electrons. The second kappa shape index (κ2) is 6.46. The van der Waals surface area contributed by atoms with Crippen LogP contribution in [-0.2, 0) is 9.53 Å². The minimum Gasteiger partial charge on any atom is -0.462 e. The molecule has 1 heterocycles. The fourth-order valence-corrected chi connectivity index (χ4v) is 3.54. The Kier molecular flexibility index (Phi) is 5.11. The van der Waals surface area contributed by atoms with E-state index in [2.05, 4.69) is 33.0 Å². The van der Waals surface area contributed by atoms with Crippen LogP contribution in [0.5, 0.6) is 0 Å². The van der Waals surface area contributed by atoms with E-state index in [1.54, 1.807) is 0 Å². The number of hydrogen-bond acceptors (Lipinski definition) is 3. The maximum atomic E-state index is 12.6. The molecule has 2 rings (SSSR count). The maximum absolute atomic E-state index is 12.6. The number of nitrogens with one attached hydrogen (secondary N) is 1. The number of hydrogen-bond donors (Lipinski definition) is 1. The van der Waals surface area contributed by atoms with Gasteiger partial charge in [0.05, 0.1) is 5.41 Å². The monoisotopic (exact) mass is 281 g/mol. The van der Waals surface area contributed by atoms with Gasteiger partial charge in [-0.3, -0.25) is 4.79 Å². The Morgan fingerprint density at radius 2 is 1.90 bits per heavy atom. The molecule has 1 aliphatic heterocycles. The lowest BCUT2D eigenvalue weighted by molar-refractivity contribution is -0.166. The predicted molar refractivity (Wildman–Crippen MR) is 81.4 cm³/mol. The summed E-state index contributed by atoms with van der Waals surface area (Å²) in [5.74, 6) is 1.85. The molecule has 0 bridgehead atoms. The highest BCUT2D eigenvalue weighted by molar-refractivity contribution is 5.76. The van der Waals surface area contributed by atoms with E-state index in [1.807, 2.05) is 0 Å². The van der Waals surface area contributed by atoms with Gasteiger partial charge in [0, 0.05) is 0 Å². The van der Waals surface area contributed by atoms with E-state index in [1.165, 1.54) is 12.8 Å². The average Bonchev–Trinajstić information content (AvgIpc) is 2.44. The minimum atomic E-state index is -0.361. The van der Waals surface area contributed by atoms with Crippen molar-refractivity contribution in [2.45, 2.75) is 65.9 Å². The first-order chi connectivity index (χ1) is 9.41. The van der Waals surface area contributed by atoms with Crippen molar-refractivity contribution in [3.63, 3.8) is 0 Å². The van der Waals surface area contributed by atoms with Crippen LogP contribution in [0.1, 0.15) is 59.8 Å². The fraction of sp³-hybridized carbons (Fsp3) is 0.941. The van der Waals surface area contributed by atoms with Crippen LogP contribution < -0.4 is 5.32 Å². The number of carbonyl (C=O) groups excluding carboxylic acids is 1. The van der Waals surface area contributed by atoms with E-state index < -0.39 is 0 Å². The zero-order chi connectivity index (χ0) is 14.8. The zero-order valence-corrected chi connectivity index (χ0v) is 13.6. The fourth-order valence-electron chi connectivity index (χ4n) is 3.54. The van der Waals surface area contributed by atoms with Gasteiger partial charge in [-0.1, -0.05) is 13.8 Å². The lowest BCUT2D eigenvalue weighted by Gasteiger charge is -2.38.